The number of carbonyl (C=O) groups excluding carboxylic acids is 1. The fourth-order valence-corrected chi connectivity index (χ4v) is 2.14. The first kappa shape index (κ1) is 15.6. The molecule has 0 aliphatic carbocycles. The van der Waals surface area contributed by atoms with Crippen LogP contribution in [0.5, 0.6) is 0 Å². The van der Waals surface area contributed by atoms with Gasteiger partial charge in [0.05, 0.1) is 10.7 Å². The molecule has 0 aliphatic rings. The van der Waals surface area contributed by atoms with Gasteiger partial charge in [-0.25, -0.2) is 0 Å². The summed E-state index contributed by atoms with van der Waals surface area (Å²) in [6.45, 7) is 1.28. The van der Waals surface area contributed by atoms with Gasteiger partial charge >= 0.3 is 0 Å². The number of carbonyl (C=O) groups is 1. The van der Waals surface area contributed by atoms with Gasteiger partial charge in [0.25, 0.3) is 5.91 Å². The van der Waals surface area contributed by atoms with Crippen molar-refractivity contribution in [2.24, 2.45) is 0 Å². The van der Waals surface area contributed by atoms with E-state index < -0.39 is 5.91 Å². The molecular formula is C17H13ClN2O2. The van der Waals surface area contributed by atoms with E-state index in [-0.39, 0.29) is 11.3 Å². The Bertz CT molecular complexity index is 773. The molecule has 2 aromatic carbocycles. The summed E-state index contributed by atoms with van der Waals surface area (Å²) in [6, 6.07) is 16.5. The van der Waals surface area contributed by atoms with Gasteiger partial charge in [-0.15, -0.1) is 0 Å². The summed E-state index contributed by atoms with van der Waals surface area (Å²) in [5.74, 6) is -1.03. The van der Waals surface area contributed by atoms with Crippen molar-refractivity contribution in [1.29, 1.82) is 5.26 Å². The van der Waals surface area contributed by atoms with Crippen molar-refractivity contribution in [3.05, 3.63) is 64.9 Å². The highest BCUT2D eigenvalue weighted by Crippen LogP contribution is 2.29. The molecule has 2 rings (SSSR count). The third-order valence-corrected chi connectivity index (χ3v) is 3.34. The molecule has 2 N–H and O–H groups in total. The molecule has 0 spiro atoms. The van der Waals surface area contributed by atoms with Crippen molar-refractivity contribution in [2.45, 2.75) is 6.92 Å². The van der Waals surface area contributed by atoms with Gasteiger partial charge < -0.3 is 10.4 Å². The van der Waals surface area contributed by atoms with E-state index in [4.69, 9.17) is 16.9 Å². The van der Waals surface area contributed by atoms with E-state index in [0.29, 0.717) is 10.7 Å². The SMILES string of the molecule is C/C(O)=C(\C#N)C(=O)Nc1ccc(-c2ccccc2)cc1Cl. The molecule has 0 fully saturated rings. The second-order valence-electron chi connectivity index (χ2n) is 4.59. The zero-order valence-electron chi connectivity index (χ0n) is 11.8. The number of allylic oxidation sites excluding steroid dienone is 1. The van der Waals surface area contributed by atoms with E-state index in [0.717, 1.165) is 11.1 Å². The van der Waals surface area contributed by atoms with Crippen molar-refractivity contribution < 1.29 is 9.90 Å². The number of benzene rings is 2. The first-order chi connectivity index (χ1) is 10.5. The molecular weight excluding hydrogens is 300 g/mol. The van der Waals surface area contributed by atoms with Crippen LogP contribution in [-0.4, -0.2) is 11.0 Å². The molecule has 0 saturated carbocycles. The monoisotopic (exact) mass is 312 g/mol. The summed E-state index contributed by atoms with van der Waals surface area (Å²) in [6.07, 6.45) is 0. The Balaban J connectivity index is 2.27. The van der Waals surface area contributed by atoms with Crippen LogP contribution in [0.2, 0.25) is 5.02 Å². The van der Waals surface area contributed by atoms with Crippen LogP contribution in [0.3, 0.4) is 0 Å². The van der Waals surface area contributed by atoms with Gasteiger partial charge in [-0.2, -0.15) is 5.26 Å². The topological polar surface area (TPSA) is 73.1 Å². The van der Waals surface area contributed by atoms with Crippen LogP contribution >= 0.6 is 11.6 Å². The lowest BCUT2D eigenvalue weighted by Crippen LogP contribution is -2.15. The van der Waals surface area contributed by atoms with Crippen molar-refractivity contribution in [3.8, 4) is 17.2 Å². The summed E-state index contributed by atoms with van der Waals surface area (Å²) in [7, 11) is 0. The van der Waals surface area contributed by atoms with E-state index in [1.54, 1.807) is 18.2 Å². The molecule has 4 nitrogen and oxygen atoms in total. The number of nitriles is 1. The molecule has 1 amide bonds. The molecule has 0 unspecified atom stereocenters. The van der Waals surface area contributed by atoms with Crippen molar-refractivity contribution in [2.75, 3.05) is 5.32 Å². The Morgan fingerprint density at radius 2 is 1.86 bits per heavy atom. The average molecular weight is 313 g/mol. The second kappa shape index (κ2) is 6.79. The lowest BCUT2D eigenvalue weighted by atomic mass is 10.1. The van der Waals surface area contributed by atoms with E-state index >= 15 is 0 Å². The summed E-state index contributed by atoms with van der Waals surface area (Å²) in [5, 5.41) is 21.0. The van der Waals surface area contributed by atoms with Gasteiger partial charge in [0.1, 0.15) is 11.8 Å². The maximum atomic E-state index is 11.9. The summed E-state index contributed by atoms with van der Waals surface area (Å²) >= 11 is 6.17. The highest BCUT2D eigenvalue weighted by Gasteiger charge is 2.14. The minimum absolute atomic E-state index is 0.336. The third kappa shape index (κ3) is 3.46. The van der Waals surface area contributed by atoms with Crippen LogP contribution in [0.4, 0.5) is 5.69 Å². The fourth-order valence-electron chi connectivity index (χ4n) is 1.91. The third-order valence-electron chi connectivity index (χ3n) is 3.03. The normalized spacial score (nSPS) is 11.3. The van der Waals surface area contributed by atoms with Crippen molar-refractivity contribution >= 4 is 23.2 Å². The van der Waals surface area contributed by atoms with Crippen LogP contribution in [0, 0.1) is 11.3 Å². The molecule has 0 heterocycles. The number of rotatable bonds is 3. The van der Waals surface area contributed by atoms with Gasteiger partial charge in [-0.05, 0) is 30.2 Å². The largest absolute Gasteiger partial charge is 0.511 e. The fraction of sp³-hybridized carbons (Fsp3) is 0.0588. The highest BCUT2D eigenvalue weighted by atomic mass is 35.5. The summed E-state index contributed by atoms with van der Waals surface area (Å²) < 4.78 is 0. The van der Waals surface area contributed by atoms with E-state index in [1.165, 1.54) is 6.92 Å². The molecule has 0 atom stereocenters. The number of amides is 1. The van der Waals surface area contributed by atoms with Gasteiger partial charge in [-0.3, -0.25) is 4.79 Å². The number of aliphatic hydroxyl groups is 1. The molecule has 22 heavy (non-hydrogen) atoms. The van der Waals surface area contributed by atoms with E-state index in [1.807, 2.05) is 36.4 Å². The Kier molecular flexibility index (Phi) is 4.82. The maximum absolute atomic E-state index is 11.9. The Morgan fingerprint density at radius 3 is 2.41 bits per heavy atom. The zero-order chi connectivity index (χ0) is 16.1. The molecule has 110 valence electrons. The van der Waals surface area contributed by atoms with Gasteiger partial charge in [-0.1, -0.05) is 48.0 Å². The summed E-state index contributed by atoms with van der Waals surface area (Å²) in [4.78, 5) is 11.9. The van der Waals surface area contributed by atoms with Crippen LogP contribution in [0.15, 0.2) is 59.9 Å². The zero-order valence-corrected chi connectivity index (χ0v) is 12.6. The Hall–Kier alpha value is -2.77. The predicted octanol–water partition coefficient (Wildman–Crippen LogP) is 4.30. The molecule has 5 heteroatoms. The summed E-state index contributed by atoms with van der Waals surface area (Å²) in [5.41, 5.74) is 1.95. The molecule has 0 bridgehead atoms. The smallest absolute Gasteiger partial charge is 0.269 e. The molecule has 0 radical (unpaired) electrons. The van der Waals surface area contributed by atoms with Crippen molar-refractivity contribution in [1.82, 2.24) is 0 Å². The minimum Gasteiger partial charge on any atom is -0.511 e. The Morgan fingerprint density at radius 1 is 1.18 bits per heavy atom. The molecule has 0 aromatic heterocycles. The number of nitrogens with one attached hydrogen (secondary N) is 1. The predicted molar refractivity (Wildman–Crippen MR) is 86.5 cm³/mol. The standard InChI is InChI=1S/C17H13ClN2O2/c1-11(21)14(10-19)17(22)20-16-8-7-13(9-15(16)18)12-5-3-2-4-6-12/h2-9,21H,1H3,(H,20,22)/b14-11-. The second-order valence-corrected chi connectivity index (χ2v) is 4.99. The van der Waals surface area contributed by atoms with Crippen LogP contribution in [0.1, 0.15) is 6.92 Å². The van der Waals surface area contributed by atoms with Crippen LogP contribution in [-0.2, 0) is 4.79 Å². The van der Waals surface area contributed by atoms with Gasteiger partial charge in [0.15, 0.2) is 5.57 Å². The highest BCUT2D eigenvalue weighted by molar-refractivity contribution is 6.34. The Labute approximate surface area is 133 Å². The molecule has 0 saturated heterocycles. The maximum Gasteiger partial charge on any atom is 0.269 e. The molecule has 0 aliphatic heterocycles. The minimum atomic E-state index is -0.697. The van der Waals surface area contributed by atoms with E-state index in [9.17, 15) is 9.90 Å². The van der Waals surface area contributed by atoms with Crippen LogP contribution < -0.4 is 5.32 Å². The van der Waals surface area contributed by atoms with E-state index in [2.05, 4.69) is 5.32 Å². The number of aliphatic hydroxyl groups excluding tert-OH is 1. The average Bonchev–Trinajstić information content (AvgIpc) is 2.50. The van der Waals surface area contributed by atoms with Gasteiger partial charge in [0.2, 0.25) is 0 Å². The molecule has 2 aromatic rings. The lowest BCUT2D eigenvalue weighted by molar-refractivity contribution is -0.112. The first-order valence-corrected chi connectivity index (χ1v) is 6.87. The van der Waals surface area contributed by atoms with Crippen LogP contribution in [0.25, 0.3) is 11.1 Å². The van der Waals surface area contributed by atoms with Crippen molar-refractivity contribution in [3.63, 3.8) is 0 Å². The number of nitrogens with zero attached hydrogens (tertiary/aromatic N) is 1. The number of hydrogen-bond acceptors (Lipinski definition) is 3. The quantitative estimate of drug-likeness (QED) is 0.504. The lowest BCUT2D eigenvalue weighted by Gasteiger charge is -2.09. The number of hydrogen-bond donors (Lipinski definition) is 2. The number of anilines is 1. The van der Waals surface area contributed by atoms with Gasteiger partial charge in [0, 0.05) is 0 Å². The number of halogens is 1. The first-order valence-electron chi connectivity index (χ1n) is 6.49.